The van der Waals surface area contributed by atoms with Crippen LogP contribution in [0.15, 0.2) is 60.8 Å². The second-order valence-corrected chi connectivity index (χ2v) is 19.0. The van der Waals surface area contributed by atoms with Crippen LogP contribution in [0.25, 0.3) is 0 Å². The van der Waals surface area contributed by atoms with Crippen molar-refractivity contribution in [3.05, 3.63) is 60.8 Å². The average molecular weight is 945 g/mol. The van der Waals surface area contributed by atoms with E-state index in [1.807, 2.05) is 0 Å². The van der Waals surface area contributed by atoms with Crippen molar-refractivity contribution < 1.29 is 44.2 Å². The molecule has 0 aromatic heterocycles. The van der Waals surface area contributed by atoms with Gasteiger partial charge in [0.15, 0.2) is 6.29 Å². The van der Waals surface area contributed by atoms with Gasteiger partial charge in [0.1, 0.15) is 30.5 Å². The van der Waals surface area contributed by atoms with Crippen LogP contribution in [0, 0.1) is 0 Å². The van der Waals surface area contributed by atoms with Crippen LogP contribution in [0.5, 0.6) is 0 Å². The summed E-state index contributed by atoms with van der Waals surface area (Å²) in [4.78, 5) is 12.9. The maximum atomic E-state index is 12.9. The number of hydrogen-bond acceptors (Lipinski definition) is 9. The number of ether oxygens (including phenoxy) is 4. The lowest BCUT2D eigenvalue weighted by molar-refractivity contribution is -0.305. The monoisotopic (exact) mass is 945 g/mol. The molecule has 390 valence electrons. The average Bonchev–Trinajstić information content (AvgIpc) is 3.33. The molecule has 1 fully saturated rings. The van der Waals surface area contributed by atoms with E-state index in [4.69, 9.17) is 18.9 Å². The van der Waals surface area contributed by atoms with E-state index < -0.39 is 43.4 Å². The lowest BCUT2D eigenvalue weighted by Gasteiger charge is -2.39. The van der Waals surface area contributed by atoms with Gasteiger partial charge in [0, 0.05) is 13.0 Å². The van der Waals surface area contributed by atoms with E-state index in [-0.39, 0.29) is 19.2 Å². The minimum Gasteiger partial charge on any atom is -0.457 e. The number of rotatable bonds is 48. The third-order valence-corrected chi connectivity index (χ3v) is 12.7. The summed E-state index contributed by atoms with van der Waals surface area (Å²) in [5.41, 5.74) is 0. The van der Waals surface area contributed by atoms with Crippen molar-refractivity contribution in [1.29, 1.82) is 0 Å². The molecule has 1 heterocycles. The first-order valence-electron chi connectivity index (χ1n) is 27.9. The SMILES string of the molecule is CCCCCC/C=C\C/C=C\CCCCCCCCCC(=O)OC(COCCCCCCCCCCCCC/C=C\C/C=C\C/C=C\CCCCCCC)COC1OC(CO)C(O)C(O)C1O. The number of unbranched alkanes of at least 4 members (excludes halogenated alkanes) is 27. The molecule has 1 saturated heterocycles. The molecule has 0 aromatic carbocycles. The molecule has 6 unspecified atom stereocenters. The van der Waals surface area contributed by atoms with Crippen molar-refractivity contribution in [3.63, 3.8) is 0 Å². The van der Waals surface area contributed by atoms with Gasteiger partial charge in [-0.3, -0.25) is 4.79 Å². The number of aliphatic hydroxyl groups excluding tert-OH is 4. The zero-order valence-electron chi connectivity index (χ0n) is 43.1. The molecule has 0 spiro atoms. The molecule has 1 aliphatic rings. The van der Waals surface area contributed by atoms with Crippen LogP contribution in [0.3, 0.4) is 0 Å². The van der Waals surface area contributed by atoms with E-state index in [1.54, 1.807) is 0 Å². The second kappa shape index (κ2) is 48.9. The Hall–Kier alpha value is -2.11. The van der Waals surface area contributed by atoms with E-state index in [2.05, 4.69) is 74.6 Å². The molecule has 0 aliphatic carbocycles. The Morgan fingerprint density at radius 2 is 0.866 bits per heavy atom. The Labute approximate surface area is 411 Å². The van der Waals surface area contributed by atoms with Crippen LogP contribution in [0.4, 0.5) is 0 Å². The van der Waals surface area contributed by atoms with Gasteiger partial charge < -0.3 is 39.4 Å². The van der Waals surface area contributed by atoms with Gasteiger partial charge in [-0.05, 0) is 83.5 Å². The molecular weight excluding hydrogens is 841 g/mol. The molecule has 0 radical (unpaired) electrons. The molecular formula is C58H104O9. The smallest absolute Gasteiger partial charge is 0.306 e. The standard InChI is InChI=1S/C58H104O9/c1-3-5-7-9-11-13-15-17-19-21-23-24-25-26-27-28-29-30-32-34-36-38-40-42-44-46-48-64-50-52(51-65-58-57(63)56(62)55(61)53(49-59)67-58)66-54(60)47-45-43-41-39-37-35-33-31-22-20-18-16-14-12-10-8-6-4-2/h14-17,20-23,25-26,52-53,55-59,61-63H,3-13,18-19,24,27-51H2,1-2H3/b16-14-,17-15-,22-20-,23-21-,26-25-. The Bertz CT molecular complexity index is 1210. The molecule has 9 heteroatoms. The fraction of sp³-hybridized carbons (Fsp3) is 0.810. The van der Waals surface area contributed by atoms with Crippen LogP contribution in [-0.2, 0) is 23.7 Å². The lowest BCUT2D eigenvalue weighted by atomic mass is 9.99. The fourth-order valence-electron chi connectivity index (χ4n) is 8.29. The number of carbonyl (C=O) groups excluding carboxylic acids is 1. The predicted octanol–water partition coefficient (Wildman–Crippen LogP) is 14.2. The Balaban J connectivity index is 2.17. The Kier molecular flexibility index (Phi) is 45.9. The highest BCUT2D eigenvalue weighted by Gasteiger charge is 2.44. The van der Waals surface area contributed by atoms with E-state index in [1.165, 1.54) is 161 Å². The van der Waals surface area contributed by atoms with E-state index in [0.29, 0.717) is 13.0 Å². The van der Waals surface area contributed by atoms with Crippen molar-refractivity contribution in [2.45, 2.75) is 275 Å². The molecule has 0 amide bonds. The van der Waals surface area contributed by atoms with Crippen LogP contribution < -0.4 is 0 Å². The summed E-state index contributed by atoms with van der Waals surface area (Å²) in [6.45, 7) is 4.53. The molecule has 1 aliphatic heterocycles. The van der Waals surface area contributed by atoms with E-state index in [0.717, 1.165) is 57.8 Å². The summed E-state index contributed by atoms with van der Waals surface area (Å²) in [5.74, 6) is -0.322. The first-order valence-corrected chi connectivity index (χ1v) is 27.9. The van der Waals surface area contributed by atoms with Gasteiger partial charge in [-0.2, -0.15) is 0 Å². The molecule has 0 saturated carbocycles. The highest BCUT2D eigenvalue weighted by molar-refractivity contribution is 5.69. The second-order valence-electron chi connectivity index (χ2n) is 19.0. The van der Waals surface area contributed by atoms with Crippen LogP contribution >= 0.6 is 0 Å². The normalized spacial score (nSPS) is 19.6. The van der Waals surface area contributed by atoms with Crippen molar-refractivity contribution in [2.24, 2.45) is 0 Å². The molecule has 67 heavy (non-hydrogen) atoms. The summed E-state index contributed by atoms with van der Waals surface area (Å²) in [6, 6.07) is 0. The molecule has 0 bridgehead atoms. The first kappa shape index (κ1) is 62.9. The Morgan fingerprint density at radius 3 is 1.31 bits per heavy atom. The summed E-state index contributed by atoms with van der Waals surface area (Å²) < 4.78 is 22.9. The largest absolute Gasteiger partial charge is 0.457 e. The van der Waals surface area contributed by atoms with E-state index in [9.17, 15) is 25.2 Å². The topological polar surface area (TPSA) is 135 Å². The molecule has 4 N–H and O–H groups in total. The third kappa shape index (κ3) is 39.3. The summed E-state index contributed by atoms with van der Waals surface area (Å²) in [5, 5.41) is 40.3. The van der Waals surface area contributed by atoms with Gasteiger partial charge in [0.25, 0.3) is 0 Å². The first-order chi connectivity index (χ1) is 32.9. The summed E-state index contributed by atoms with van der Waals surface area (Å²) in [6.07, 6.45) is 56.9. The summed E-state index contributed by atoms with van der Waals surface area (Å²) in [7, 11) is 0. The zero-order chi connectivity index (χ0) is 48.5. The highest BCUT2D eigenvalue weighted by Crippen LogP contribution is 2.23. The molecule has 1 rings (SSSR count). The van der Waals surface area contributed by atoms with Crippen LogP contribution in [0.2, 0.25) is 0 Å². The molecule has 6 atom stereocenters. The number of hydrogen-bond donors (Lipinski definition) is 4. The predicted molar refractivity (Wildman–Crippen MR) is 279 cm³/mol. The van der Waals surface area contributed by atoms with Gasteiger partial charge in [0.05, 0.1) is 19.8 Å². The van der Waals surface area contributed by atoms with Crippen molar-refractivity contribution in [1.82, 2.24) is 0 Å². The maximum Gasteiger partial charge on any atom is 0.306 e. The molecule has 9 nitrogen and oxygen atoms in total. The van der Waals surface area contributed by atoms with Gasteiger partial charge in [-0.25, -0.2) is 0 Å². The van der Waals surface area contributed by atoms with Gasteiger partial charge >= 0.3 is 5.97 Å². The minimum absolute atomic E-state index is 0.119. The van der Waals surface area contributed by atoms with Crippen LogP contribution in [-0.4, -0.2) is 89.6 Å². The maximum absolute atomic E-state index is 12.9. The number of carbonyl (C=O) groups is 1. The summed E-state index contributed by atoms with van der Waals surface area (Å²) >= 11 is 0. The number of allylic oxidation sites excluding steroid dienone is 10. The fourth-order valence-corrected chi connectivity index (χ4v) is 8.29. The quantitative estimate of drug-likeness (QED) is 0.0267. The van der Waals surface area contributed by atoms with Crippen molar-refractivity contribution in [3.8, 4) is 0 Å². The lowest BCUT2D eigenvalue weighted by Crippen LogP contribution is -2.59. The van der Waals surface area contributed by atoms with Gasteiger partial charge in [-0.1, -0.05) is 209 Å². The van der Waals surface area contributed by atoms with Gasteiger partial charge in [0.2, 0.25) is 0 Å². The number of aliphatic hydroxyl groups is 4. The van der Waals surface area contributed by atoms with Gasteiger partial charge in [-0.15, -0.1) is 0 Å². The Morgan fingerprint density at radius 1 is 0.478 bits per heavy atom. The third-order valence-electron chi connectivity index (χ3n) is 12.7. The molecule has 0 aromatic rings. The number of esters is 1. The van der Waals surface area contributed by atoms with Crippen molar-refractivity contribution in [2.75, 3.05) is 26.4 Å². The van der Waals surface area contributed by atoms with E-state index >= 15 is 0 Å². The van der Waals surface area contributed by atoms with Crippen LogP contribution in [0.1, 0.15) is 239 Å². The van der Waals surface area contributed by atoms with Crippen molar-refractivity contribution >= 4 is 5.97 Å². The minimum atomic E-state index is -1.54. The highest BCUT2D eigenvalue weighted by atomic mass is 16.7. The zero-order valence-corrected chi connectivity index (χ0v) is 43.1.